The first-order chi connectivity index (χ1) is 12.3. The Balaban J connectivity index is 1.69. The molecule has 1 fully saturated rings. The Morgan fingerprint density at radius 2 is 1.88 bits per heavy atom. The molecule has 1 heterocycles. The quantitative estimate of drug-likeness (QED) is 0.803. The van der Waals surface area contributed by atoms with Gasteiger partial charge in [0.05, 0.1) is 5.92 Å². The third-order valence-electron chi connectivity index (χ3n) is 4.38. The molecule has 0 saturated carbocycles. The summed E-state index contributed by atoms with van der Waals surface area (Å²) in [4.78, 5) is 37.6. The van der Waals surface area contributed by atoms with Crippen molar-refractivity contribution in [1.29, 1.82) is 0 Å². The number of primary amides is 1. The zero-order valence-electron chi connectivity index (χ0n) is 14.2. The maximum absolute atomic E-state index is 12.5. The van der Waals surface area contributed by atoms with E-state index in [0.717, 1.165) is 15.7 Å². The highest BCUT2D eigenvalue weighted by atomic mass is 79.9. The number of nitrogens with zero attached hydrogens (tertiary/aromatic N) is 1. The number of rotatable bonds is 4. The molecule has 1 saturated heterocycles. The number of hydrogen-bond acceptors (Lipinski definition) is 3. The van der Waals surface area contributed by atoms with Crippen LogP contribution in [0.2, 0.25) is 0 Å². The van der Waals surface area contributed by atoms with E-state index in [4.69, 9.17) is 5.73 Å². The van der Waals surface area contributed by atoms with Crippen LogP contribution < -0.4 is 16.0 Å². The van der Waals surface area contributed by atoms with Crippen LogP contribution >= 0.6 is 15.9 Å². The topological polar surface area (TPSA) is 92.5 Å². The molecule has 3 rings (SSSR count). The summed E-state index contributed by atoms with van der Waals surface area (Å²) < 4.78 is 0.944. The average Bonchev–Trinajstić information content (AvgIpc) is 2.97. The van der Waals surface area contributed by atoms with E-state index in [1.165, 1.54) is 0 Å². The molecule has 0 radical (unpaired) electrons. The Hall–Kier alpha value is -2.67. The van der Waals surface area contributed by atoms with Gasteiger partial charge in [-0.2, -0.15) is 0 Å². The molecule has 0 unspecified atom stereocenters. The Morgan fingerprint density at radius 1 is 1.19 bits per heavy atom. The third kappa shape index (κ3) is 3.77. The fraction of sp³-hybridized carbons (Fsp3) is 0.211. The van der Waals surface area contributed by atoms with Gasteiger partial charge < -0.3 is 16.0 Å². The molecule has 26 heavy (non-hydrogen) atoms. The Kier molecular flexibility index (Phi) is 5.08. The molecule has 0 aromatic heterocycles. The van der Waals surface area contributed by atoms with Crippen molar-refractivity contribution in [2.75, 3.05) is 16.8 Å². The van der Waals surface area contributed by atoms with Crippen molar-refractivity contribution < 1.29 is 14.4 Å². The third-order valence-corrected chi connectivity index (χ3v) is 4.88. The first-order valence-corrected chi connectivity index (χ1v) is 8.91. The molecule has 3 amide bonds. The van der Waals surface area contributed by atoms with Crippen molar-refractivity contribution in [2.24, 2.45) is 11.7 Å². The van der Waals surface area contributed by atoms with Gasteiger partial charge in [-0.15, -0.1) is 0 Å². The number of benzene rings is 2. The van der Waals surface area contributed by atoms with E-state index < -0.39 is 11.8 Å². The molecule has 6 nitrogen and oxygen atoms in total. The summed E-state index contributed by atoms with van der Waals surface area (Å²) in [6, 6.07) is 12.0. The van der Waals surface area contributed by atoms with E-state index in [-0.39, 0.29) is 18.2 Å². The van der Waals surface area contributed by atoms with Crippen LogP contribution in [0.5, 0.6) is 0 Å². The molecule has 2 aromatic rings. The first kappa shape index (κ1) is 18.1. The van der Waals surface area contributed by atoms with Gasteiger partial charge in [-0.1, -0.05) is 15.9 Å². The van der Waals surface area contributed by atoms with E-state index in [1.807, 2.05) is 25.1 Å². The van der Waals surface area contributed by atoms with Gasteiger partial charge in [-0.3, -0.25) is 14.4 Å². The van der Waals surface area contributed by atoms with Gasteiger partial charge >= 0.3 is 0 Å². The molecule has 7 heteroatoms. The second-order valence-corrected chi connectivity index (χ2v) is 7.18. The Labute approximate surface area is 159 Å². The summed E-state index contributed by atoms with van der Waals surface area (Å²) in [5.41, 5.74) is 7.92. The van der Waals surface area contributed by atoms with Gasteiger partial charge in [0.2, 0.25) is 17.7 Å². The fourth-order valence-corrected chi connectivity index (χ4v) is 3.48. The summed E-state index contributed by atoms with van der Waals surface area (Å²) in [6.45, 7) is 2.27. The lowest BCUT2D eigenvalue weighted by atomic mass is 10.1. The number of carbonyl (C=O) groups is 3. The number of carbonyl (C=O) groups excluding carboxylic acids is 3. The zero-order chi connectivity index (χ0) is 18.8. The normalized spacial score (nSPS) is 16.6. The van der Waals surface area contributed by atoms with Gasteiger partial charge in [0.15, 0.2) is 0 Å². The van der Waals surface area contributed by atoms with Crippen molar-refractivity contribution in [3.63, 3.8) is 0 Å². The summed E-state index contributed by atoms with van der Waals surface area (Å²) in [5, 5.41) is 2.79. The predicted octanol–water partition coefficient (Wildman–Crippen LogP) is 2.85. The standard InChI is InChI=1S/C19H18BrN3O3/c1-11-8-14(20)4-7-16(11)23-10-13(9-17(23)24)19(26)22-15-5-2-12(3-6-15)18(21)25/h2-8,13H,9-10H2,1H3,(H2,21,25)(H,22,26)/t13-/m1/s1. The minimum absolute atomic E-state index is 0.0698. The Bertz CT molecular complexity index is 880. The van der Waals surface area contributed by atoms with E-state index in [9.17, 15) is 14.4 Å². The molecular weight excluding hydrogens is 398 g/mol. The van der Waals surface area contributed by atoms with Crippen LogP contribution in [0.4, 0.5) is 11.4 Å². The summed E-state index contributed by atoms with van der Waals surface area (Å²) >= 11 is 3.41. The van der Waals surface area contributed by atoms with Crippen molar-refractivity contribution >= 4 is 45.0 Å². The summed E-state index contributed by atoms with van der Waals surface area (Å²) in [5.74, 6) is -1.24. The molecule has 1 aliphatic rings. The molecule has 0 bridgehead atoms. The van der Waals surface area contributed by atoms with Gasteiger partial charge in [0, 0.05) is 34.4 Å². The lowest BCUT2D eigenvalue weighted by molar-refractivity contribution is -0.122. The first-order valence-electron chi connectivity index (χ1n) is 8.12. The number of nitrogens with one attached hydrogen (secondary N) is 1. The van der Waals surface area contributed by atoms with Crippen LogP contribution in [0.15, 0.2) is 46.9 Å². The molecule has 3 N–H and O–H groups in total. The van der Waals surface area contributed by atoms with Gasteiger partial charge in [-0.05, 0) is 55.0 Å². The highest BCUT2D eigenvalue weighted by Gasteiger charge is 2.35. The Morgan fingerprint density at radius 3 is 2.50 bits per heavy atom. The van der Waals surface area contributed by atoms with Crippen molar-refractivity contribution in [3.05, 3.63) is 58.1 Å². The van der Waals surface area contributed by atoms with Crippen LogP contribution in [0, 0.1) is 12.8 Å². The minimum Gasteiger partial charge on any atom is -0.366 e. The lowest BCUT2D eigenvalue weighted by Crippen LogP contribution is -2.28. The van der Waals surface area contributed by atoms with Crippen molar-refractivity contribution in [3.8, 4) is 0 Å². The van der Waals surface area contributed by atoms with Crippen LogP contribution in [-0.2, 0) is 9.59 Å². The number of hydrogen-bond donors (Lipinski definition) is 2. The van der Waals surface area contributed by atoms with Gasteiger partial charge in [0.1, 0.15) is 0 Å². The lowest BCUT2D eigenvalue weighted by Gasteiger charge is -2.19. The molecule has 0 aliphatic carbocycles. The maximum atomic E-state index is 12.5. The number of halogens is 1. The van der Waals surface area contributed by atoms with Gasteiger partial charge in [-0.25, -0.2) is 0 Å². The highest BCUT2D eigenvalue weighted by molar-refractivity contribution is 9.10. The van der Waals surface area contributed by atoms with Gasteiger partial charge in [0.25, 0.3) is 0 Å². The molecule has 2 aromatic carbocycles. The SMILES string of the molecule is Cc1cc(Br)ccc1N1C[C@H](C(=O)Nc2ccc(C(N)=O)cc2)CC1=O. The number of amides is 3. The van der Waals surface area contributed by atoms with Crippen molar-refractivity contribution in [2.45, 2.75) is 13.3 Å². The van der Waals surface area contributed by atoms with Crippen molar-refractivity contribution in [1.82, 2.24) is 0 Å². The smallest absolute Gasteiger partial charge is 0.248 e. The second kappa shape index (κ2) is 7.29. The van der Waals surface area contributed by atoms with E-state index >= 15 is 0 Å². The molecule has 0 spiro atoms. The zero-order valence-corrected chi connectivity index (χ0v) is 15.7. The largest absolute Gasteiger partial charge is 0.366 e. The monoisotopic (exact) mass is 415 g/mol. The van der Waals surface area contributed by atoms with Crippen LogP contribution in [0.3, 0.4) is 0 Å². The van der Waals surface area contributed by atoms with Crippen LogP contribution in [0.25, 0.3) is 0 Å². The van der Waals surface area contributed by atoms with Crippen LogP contribution in [-0.4, -0.2) is 24.3 Å². The minimum atomic E-state index is -0.523. The number of aryl methyl sites for hydroxylation is 1. The maximum Gasteiger partial charge on any atom is 0.248 e. The van der Waals surface area contributed by atoms with Crippen LogP contribution in [0.1, 0.15) is 22.3 Å². The molecule has 1 atom stereocenters. The predicted molar refractivity (Wildman–Crippen MR) is 103 cm³/mol. The summed E-state index contributed by atoms with van der Waals surface area (Å²) in [6.07, 6.45) is 0.167. The summed E-state index contributed by atoms with van der Waals surface area (Å²) in [7, 11) is 0. The van der Waals surface area contributed by atoms with E-state index in [0.29, 0.717) is 17.8 Å². The highest BCUT2D eigenvalue weighted by Crippen LogP contribution is 2.30. The number of nitrogens with two attached hydrogens (primary N) is 1. The molecular formula is C19H18BrN3O3. The van der Waals surface area contributed by atoms with E-state index in [2.05, 4.69) is 21.2 Å². The second-order valence-electron chi connectivity index (χ2n) is 6.27. The number of anilines is 2. The molecule has 1 aliphatic heterocycles. The van der Waals surface area contributed by atoms with E-state index in [1.54, 1.807) is 29.2 Å². The fourth-order valence-electron chi connectivity index (χ4n) is 3.00. The molecule has 134 valence electrons. The average molecular weight is 416 g/mol.